The van der Waals surface area contributed by atoms with Gasteiger partial charge in [0.1, 0.15) is 17.9 Å². The van der Waals surface area contributed by atoms with Crippen molar-refractivity contribution < 1.29 is 14.2 Å². The first kappa shape index (κ1) is 16.6. The van der Waals surface area contributed by atoms with Gasteiger partial charge in [-0.3, -0.25) is 0 Å². The molecule has 0 radical (unpaired) electrons. The molecule has 0 unspecified atom stereocenters. The summed E-state index contributed by atoms with van der Waals surface area (Å²) < 4.78 is 16.3. The summed E-state index contributed by atoms with van der Waals surface area (Å²) in [6.07, 6.45) is 2.96. The van der Waals surface area contributed by atoms with E-state index < -0.39 is 0 Å². The molecule has 0 amide bonds. The number of nitrogen functional groups attached to an aromatic ring is 1. The molecule has 7 nitrogen and oxygen atoms in total. The maximum atomic E-state index is 5.75. The normalized spacial score (nSPS) is 10.0. The van der Waals surface area contributed by atoms with Crippen molar-refractivity contribution in [3.05, 3.63) is 36.8 Å². The molecule has 8 heteroatoms. The van der Waals surface area contributed by atoms with Crippen LogP contribution in [0.4, 0.5) is 5.82 Å². The lowest BCUT2D eigenvalue weighted by Crippen LogP contribution is -1.96. The van der Waals surface area contributed by atoms with Gasteiger partial charge in [-0.1, -0.05) is 0 Å². The minimum absolute atomic E-state index is 0. The van der Waals surface area contributed by atoms with E-state index in [1.807, 2.05) is 0 Å². The Balaban J connectivity index is 0.00000192. The Bertz CT molecular complexity index is 812. The van der Waals surface area contributed by atoms with Crippen LogP contribution < -0.4 is 19.9 Å². The van der Waals surface area contributed by atoms with Gasteiger partial charge >= 0.3 is 0 Å². The number of pyridine rings is 1. The average Bonchev–Trinajstić information content (AvgIpc) is 2.56. The fourth-order valence-electron chi connectivity index (χ4n) is 2.00. The van der Waals surface area contributed by atoms with E-state index in [0.717, 1.165) is 0 Å². The lowest BCUT2D eigenvalue weighted by atomic mass is 10.2. The maximum Gasteiger partial charge on any atom is 0.230 e. The minimum Gasteiger partial charge on any atom is -0.493 e. The van der Waals surface area contributed by atoms with E-state index in [0.29, 0.717) is 39.8 Å². The number of aromatic nitrogens is 3. The number of nitrogens with two attached hydrogens (primary N) is 1. The van der Waals surface area contributed by atoms with Crippen molar-refractivity contribution in [1.29, 1.82) is 0 Å². The molecule has 2 aromatic heterocycles. The van der Waals surface area contributed by atoms with Gasteiger partial charge in [0.05, 0.1) is 31.3 Å². The fraction of sp³-hybridized carbons (Fsp3) is 0.133. The molecular formula is C15H15ClN4O3. The Morgan fingerprint density at radius 1 is 0.957 bits per heavy atom. The molecule has 2 N–H and O–H groups in total. The number of methoxy groups -OCH3 is 2. The summed E-state index contributed by atoms with van der Waals surface area (Å²) in [5, 5.41) is 0.706. The molecule has 0 aliphatic rings. The van der Waals surface area contributed by atoms with Crippen LogP contribution in [-0.2, 0) is 0 Å². The van der Waals surface area contributed by atoms with Gasteiger partial charge < -0.3 is 19.9 Å². The monoisotopic (exact) mass is 334 g/mol. The molecule has 23 heavy (non-hydrogen) atoms. The van der Waals surface area contributed by atoms with E-state index >= 15 is 0 Å². The van der Waals surface area contributed by atoms with Crippen molar-refractivity contribution in [1.82, 2.24) is 15.0 Å². The second-order valence-corrected chi connectivity index (χ2v) is 4.42. The molecule has 1 aromatic carbocycles. The number of hydrogen-bond donors (Lipinski definition) is 1. The predicted octanol–water partition coefficient (Wildman–Crippen LogP) is 2.84. The molecule has 120 valence electrons. The lowest BCUT2D eigenvalue weighted by Gasteiger charge is -2.11. The number of benzene rings is 1. The number of ether oxygens (including phenoxy) is 3. The van der Waals surface area contributed by atoms with Crippen molar-refractivity contribution in [3.8, 4) is 23.1 Å². The Kier molecular flexibility index (Phi) is 5.02. The summed E-state index contributed by atoms with van der Waals surface area (Å²) in [4.78, 5) is 12.4. The number of rotatable bonds is 4. The second-order valence-electron chi connectivity index (χ2n) is 4.42. The zero-order chi connectivity index (χ0) is 15.5. The SMILES string of the molecule is COc1cc2ncnc(Oc3ccc(N)nc3)c2cc1OC.Cl. The second kappa shape index (κ2) is 6.97. The molecule has 0 aliphatic heterocycles. The first-order valence-corrected chi connectivity index (χ1v) is 6.47. The highest BCUT2D eigenvalue weighted by Gasteiger charge is 2.12. The summed E-state index contributed by atoms with van der Waals surface area (Å²) in [6.45, 7) is 0. The van der Waals surface area contributed by atoms with Crippen LogP contribution in [0.3, 0.4) is 0 Å². The Labute approximate surface area is 138 Å². The summed E-state index contributed by atoms with van der Waals surface area (Å²) >= 11 is 0. The fourth-order valence-corrected chi connectivity index (χ4v) is 2.00. The number of hydrogen-bond acceptors (Lipinski definition) is 7. The number of anilines is 1. The van der Waals surface area contributed by atoms with Crippen molar-refractivity contribution >= 4 is 29.1 Å². The Morgan fingerprint density at radius 3 is 2.35 bits per heavy atom. The van der Waals surface area contributed by atoms with E-state index in [1.54, 1.807) is 38.5 Å². The van der Waals surface area contributed by atoms with Gasteiger partial charge in [-0.15, -0.1) is 12.4 Å². The zero-order valence-electron chi connectivity index (χ0n) is 12.5. The highest BCUT2D eigenvalue weighted by atomic mass is 35.5. The number of halogens is 1. The molecule has 0 fully saturated rings. The van der Waals surface area contributed by atoms with Crippen molar-refractivity contribution in [2.75, 3.05) is 20.0 Å². The van der Waals surface area contributed by atoms with E-state index in [1.165, 1.54) is 12.5 Å². The Hall–Kier alpha value is -2.80. The molecule has 0 aliphatic carbocycles. The molecule has 0 bridgehead atoms. The number of nitrogens with zero attached hydrogens (tertiary/aromatic N) is 3. The number of fused-ring (bicyclic) bond motifs is 1. The molecule has 3 aromatic rings. The third-order valence-electron chi connectivity index (χ3n) is 3.08. The topological polar surface area (TPSA) is 92.4 Å². The van der Waals surface area contributed by atoms with Crippen LogP contribution in [0.15, 0.2) is 36.8 Å². The van der Waals surface area contributed by atoms with Crippen molar-refractivity contribution in [2.45, 2.75) is 0 Å². The van der Waals surface area contributed by atoms with Crippen molar-refractivity contribution in [2.24, 2.45) is 0 Å². The van der Waals surface area contributed by atoms with E-state index in [2.05, 4.69) is 15.0 Å². The first-order valence-electron chi connectivity index (χ1n) is 6.47. The van der Waals surface area contributed by atoms with Crippen LogP contribution in [0, 0.1) is 0 Å². The smallest absolute Gasteiger partial charge is 0.230 e. The van der Waals surface area contributed by atoms with Gasteiger partial charge in [-0.25, -0.2) is 15.0 Å². The van der Waals surface area contributed by atoms with E-state index in [-0.39, 0.29) is 12.4 Å². The van der Waals surface area contributed by atoms with Crippen LogP contribution in [0.2, 0.25) is 0 Å². The van der Waals surface area contributed by atoms with E-state index in [4.69, 9.17) is 19.9 Å². The highest BCUT2D eigenvalue weighted by Crippen LogP contribution is 2.35. The molecule has 0 saturated carbocycles. The maximum absolute atomic E-state index is 5.75. The third-order valence-corrected chi connectivity index (χ3v) is 3.08. The van der Waals surface area contributed by atoms with Crippen molar-refractivity contribution in [3.63, 3.8) is 0 Å². The largest absolute Gasteiger partial charge is 0.493 e. The quantitative estimate of drug-likeness (QED) is 0.784. The van der Waals surface area contributed by atoms with E-state index in [9.17, 15) is 0 Å². The van der Waals surface area contributed by atoms with Gasteiger partial charge in [-0.2, -0.15) is 0 Å². The standard InChI is InChI=1S/C15H14N4O3.ClH/c1-20-12-5-10-11(6-13(12)21-2)18-8-19-15(10)22-9-3-4-14(16)17-7-9;/h3-8H,1-2H3,(H2,16,17);1H. The molecule has 3 rings (SSSR count). The summed E-state index contributed by atoms with van der Waals surface area (Å²) in [7, 11) is 3.14. The molecule has 2 heterocycles. The summed E-state index contributed by atoms with van der Waals surface area (Å²) in [6, 6.07) is 6.91. The molecule has 0 atom stereocenters. The van der Waals surface area contributed by atoms with Crippen LogP contribution in [-0.4, -0.2) is 29.2 Å². The predicted molar refractivity (Wildman–Crippen MR) is 88.6 cm³/mol. The van der Waals surface area contributed by atoms with Gasteiger partial charge in [-0.05, 0) is 18.2 Å². The average molecular weight is 335 g/mol. The Morgan fingerprint density at radius 2 is 1.70 bits per heavy atom. The van der Waals surface area contributed by atoms with Gasteiger partial charge in [0, 0.05) is 6.07 Å². The van der Waals surface area contributed by atoms with Gasteiger partial charge in [0.2, 0.25) is 5.88 Å². The molecule has 0 spiro atoms. The lowest BCUT2D eigenvalue weighted by molar-refractivity contribution is 0.355. The third kappa shape index (κ3) is 3.35. The molecule has 0 saturated heterocycles. The highest BCUT2D eigenvalue weighted by molar-refractivity contribution is 5.87. The van der Waals surface area contributed by atoms with Crippen LogP contribution in [0.5, 0.6) is 23.1 Å². The summed E-state index contributed by atoms with van der Waals surface area (Å²) in [5.74, 6) is 2.52. The first-order chi connectivity index (χ1) is 10.7. The van der Waals surface area contributed by atoms with Gasteiger partial charge in [0.15, 0.2) is 11.5 Å². The van der Waals surface area contributed by atoms with Crippen LogP contribution in [0.25, 0.3) is 10.9 Å². The van der Waals surface area contributed by atoms with Crippen LogP contribution >= 0.6 is 12.4 Å². The molecular weight excluding hydrogens is 320 g/mol. The van der Waals surface area contributed by atoms with Crippen LogP contribution in [0.1, 0.15) is 0 Å². The van der Waals surface area contributed by atoms with Gasteiger partial charge in [0.25, 0.3) is 0 Å². The minimum atomic E-state index is 0. The zero-order valence-corrected chi connectivity index (χ0v) is 13.3. The summed E-state index contributed by atoms with van der Waals surface area (Å²) in [5.41, 5.74) is 6.24.